The van der Waals surface area contributed by atoms with E-state index in [0.29, 0.717) is 0 Å². The van der Waals surface area contributed by atoms with Crippen LogP contribution in [0.25, 0.3) is 11.1 Å². The molecule has 0 N–H and O–H groups in total. The fourth-order valence-corrected chi connectivity index (χ4v) is 2.47. The normalized spacial score (nSPS) is 11.5. The lowest BCUT2D eigenvalue weighted by atomic mass is 9.98. The van der Waals surface area contributed by atoms with Gasteiger partial charge < -0.3 is 0 Å². The molecule has 0 bridgehead atoms. The van der Waals surface area contributed by atoms with E-state index >= 15 is 0 Å². The lowest BCUT2D eigenvalue weighted by Gasteiger charge is -2.13. The second-order valence-electron chi connectivity index (χ2n) is 4.11. The summed E-state index contributed by atoms with van der Waals surface area (Å²) in [6, 6.07) is 7.01. The SMILES string of the molecule is O=[N+]([O-])c1cccc(-c2cc(Cl)cc(Cl)c2)c1C(F)(F)F. The number of halogens is 5. The second-order valence-corrected chi connectivity index (χ2v) is 4.99. The first-order valence-corrected chi connectivity index (χ1v) is 6.27. The monoisotopic (exact) mass is 335 g/mol. The first-order chi connectivity index (χ1) is 9.70. The molecule has 0 heterocycles. The van der Waals surface area contributed by atoms with E-state index in [2.05, 4.69) is 0 Å². The van der Waals surface area contributed by atoms with Crippen LogP contribution in [0.5, 0.6) is 0 Å². The van der Waals surface area contributed by atoms with Crippen molar-refractivity contribution in [2.45, 2.75) is 6.18 Å². The van der Waals surface area contributed by atoms with Gasteiger partial charge in [-0.25, -0.2) is 0 Å². The average Bonchev–Trinajstić information content (AvgIpc) is 2.35. The van der Waals surface area contributed by atoms with Crippen LogP contribution in [-0.4, -0.2) is 4.92 Å². The molecule has 0 aliphatic rings. The van der Waals surface area contributed by atoms with E-state index in [-0.39, 0.29) is 21.2 Å². The maximum Gasteiger partial charge on any atom is 0.423 e. The van der Waals surface area contributed by atoms with Gasteiger partial charge >= 0.3 is 6.18 Å². The summed E-state index contributed by atoms with van der Waals surface area (Å²) < 4.78 is 39.6. The van der Waals surface area contributed by atoms with Gasteiger partial charge in [0.25, 0.3) is 5.69 Å². The predicted molar refractivity (Wildman–Crippen MR) is 73.6 cm³/mol. The van der Waals surface area contributed by atoms with Crippen LogP contribution in [0.2, 0.25) is 10.0 Å². The van der Waals surface area contributed by atoms with E-state index in [1.807, 2.05) is 0 Å². The molecule has 110 valence electrons. The highest BCUT2D eigenvalue weighted by atomic mass is 35.5. The molecule has 0 unspecified atom stereocenters. The number of hydrogen-bond donors (Lipinski definition) is 0. The van der Waals surface area contributed by atoms with E-state index in [4.69, 9.17) is 23.2 Å². The van der Waals surface area contributed by atoms with Gasteiger partial charge in [0.05, 0.1) is 4.92 Å². The molecule has 0 radical (unpaired) electrons. The molecule has 0 saturated carbocycles. The Bertz CT molecular complexity index is 697. The Balaban J connectivity index is 2.80. The Morgan fingerprint density at radius 3 is 2.10 bits per heavy atom. The van der Waals surface area contributed by atoms with Crippen molar-refractivity contribution in [1.82, 2.24) is 0 Å². The van der Waals surface area contributed by atoms with Gasteiger partial charge in [0.2, 0.25) is 0 Å². The Kier molecular flexibility index (Phi) is 4.11. The van der Waals surface area contributed by atoms with Gasteiger partial charge in [0.1, 0.15) is 5.56 Å². The van der Waals surface area contributed by atoms with Crippen molar-refractivity contribution < 1.29 is 18.1 Å². The lowest BCUT2D eigenvalue weighted by Crippen LogP contribution is -2.11. The van der Waals surface area contributed by atoms with Gasteiger partial charge in [0, 0.05) is 21.7 Å². The molecular formula is C13H6Cl2F3NO2. The van der Waals surface area contributed by atoms with Gasteiger partial charge in [0.15, 0.2) is 0 Å². The largest absolute Gasteiger partial charge is 0.423 e. The molecule has 0 spiro atoms. The van der Waals surface area contributed by atoms with E-state index in [0.717, 1.165) is 12.1 Å². The van der Waals surface area contributed by atoms with Gasteiger partial charge in [-0.3, -0.25) is 10.1 Å². The lowest BCUT2D eigenvalue weighted by molar-refractivity contribution is -0.388. The van der Waals surface area contributed by atoms with Crippen molar-refractivity contribution in [3.8, 4) is 11.1 Å². The summed E-state index contributed by atoms with van der Waals surface area (Å²) >= 11 is 11.5. The molecule has 2 aromatic carbocycles. The molecule has 0 aliphatic heterocycles. The Morgan fingerprint density at radius 2 is 1.62 bits per heavy atom. The Hall–Kier alpha value is -1.79. The zero-order valence-electron chi connectivity index (χ0n) is 10.1. The third-order valence-electron chi connectivity index (χ3n) is 2.70. The number of hydrogen-bond acceptors (Lipinski definition) is 2. The first-order valence-electron chi connectivity index (χ1n) is 5.51. The maximum atomic E-state index is 13.2. The summed E-state index contributed by atoms with van der Waals surface area (Å²) in [7, 11) is 0. The molecule has 21 heavy (non-hydrogen) atoms. The fraction of sp³-hybridized carbons (Fsp3) is 0.0769. The third-order valence-corrected chi connectivity index (χ3v) is 3.13. The molecule has 0 saturated heterocycles. The van der Waals surface area contributed by atoms with E-state index in [1.54, 1.807) is 0 Å². The highest BCUT2D eigenvalue weighted by Crippen LogP contribution is 2.43. The van der Waals surface area contributed by atoms with Crippen LogP contribution < -0.4 is 0 Å². The summed E-state index contributed by atoms with van der Waals surface area (Å²) in [5, 5.41) is 11.1. The van der Waals surface area contributed by atoms with Gasteiger partial charge in [-0.15, -0.1) is 0 Å². The van der Waals surface area contributed by atoms with Gasteiger partial charge in [-0.05, 0) is 23.8 Å². The fourth-order valence-electron chi connectivity index (χ4n) is 1.94. The van der Waals surface area contributed by atoms with Crippen LogP contribution in [0.1, 0.15) is 5.56 Å². The number of benzene rings is 2. The van der Waals surface area contributed by atoms with Crippen molar-refractivity contribution in [3.63, 3.8) is 0 Å². The second kappa shape index (κ2) is 5.54. The van der Waals surface area contributed by atoms with E-state index in [9.17, 15) is 23.3 Å². The molecule has 3 nitrogen and oxygen atoms in total. The smallest absolute Gasteiger partial charge is 0.258 e. The highest BCUT2D eigenvalue weighted by Gasteiger charge is 2.41. The summed E-state index contributed by atoms with van der Waals surface area (Å²) in [6.07, 6.45) is -4.88. The molecule has 2 aromatic rings. The van der Waals surface area contributed by atoms with Crippen LogP contribution in [0, 0.1) is 10.1 Å². The van der Waals surface area contributed by atoms with Crippen molar-refractivity contribution in [1.29, 1.82) is 0 Å². The minimum atomic E-state index is -4.88. The first kappa shape index (κ1) is 15.6. The summed E-state index contributed by atoms with van der Waals surface area (Å²) in [4.78, 5) is 9.77. The maximum absolute atomic E-state index is 13.2. The minimum absolute atomic E-state index is 0.0588. The molecule has 0 amide bonds. The predicted octanol–water partition coefficient (Wildman–Crippen LogP) is 5.59. The third kappa shape index (κ3) is 3.28. The van der Waals surface area contributed by atoms with Crippen LogP contribution in [0.3, 0.4) is 0 Å². The number of nitrogens with zero attached hydrogens (tertiary/aromatic N) is 1. The van der Waals surface area contributed by atoms with Gasteiger partial charge in [-0.2, -0.15) is 13.2 Å². The molecule has 2 rings (SSSR count). The molecule has 0 fully saturated rings. The molecule has 0 atom stereocenters. The number of alkyl halides is 3. The number of nitro benzene ring substituents is 1. The Labute approximate surface area is 127 Å². The number of nitro groups is 1. The van der Waals surface area contributed by atoms with E-state index < -0.39 is 22.4 Å². The zero-order valence-corrected chi connectivity index (χ0v) is 11.6. The number of rotatable bonds is 2. The molecular weight excluding hydrogens is 330 g/mol. The minimum Gasteiger partial charge on any atom is -0.258 e. The average molecular weight is 336 g/mol. The van der Waals surface area contributed by atoms with Crippen molar-refractivity contribution in [2.75, 3.05) is 0 Å². The van der Waals surface area contributed by atoms with Crippen LogP contribution >= 0.6 is 23.2 Å². The molecule has 8 heteroatoms. The summed E-state index contributed by atoms with van der Waals surface area (Å²) in [5.41, 5.74) is -2.63. The van der Waals surface area contributed by atoms with Crippen molar-refractivity contribution >= 4 is 28.9 Å². The van der Waals surface area contributed by atoms with Gasteiger partial charge in [-0.1, -0.05) is 35.3 Å². The Morgan fingerprint density at radius 1 is 1.05 bits per heavy atom. The van der Waals surface area contributed by atoms with Crippen LogP contribution in [0.15, 0.2) is 36.4 Å². The van der Waals surface area contributed by atoms with E-state index in [1.165, 1.54) is 24.3 Å². The zero-order chi connectivity index (χ0) is 15.8. The van der Waals surface area contributed by atoms with Crippen molar-refractivity contribution in [3.05, 3.63) is 62.1 Å². The van der Waals surface area contributed by atoms with Crippen molar-refractivity contribution in [2.24, 2.45) is 0 Å². The summed E-state index contributed by atoms with van der Waals surface area (Å²) in [6.45, 7) is 0. The molecule has 0 aromatic heterocycles. The quantitative estimate of drug-likeness (QED) is 0.530. The summed E-state index contributed by atoms with van der Waals surface area (Å²) in [5.74, 6) is 0. The van der Waals surface area contributed by atoms with Crippen LogP contribution in [0.4, 0.5) is 18.9 Å². The van der Waals surface area contributed by atoms with Crippen LogP contribution in [-0.2, 0) is 6.18 Å². The molecule has 0 aliphatic carbocycles. The standard InChI is InChI=1S/C13H6Cl2F3NO2/c14-8-4-7(5-9(15)6-8)10-2-1-3-11(19(20)21)12(10)13(16,17)18/h1-6H. The highest BCUT2D eigenvalue weighted by molar-refractivity contribution is 6.35. The topological polar surface area (TPSA) is 43.1 Å².